The molecule has 4 heterocycles. The van der Waals surface area contributed by atoms with Gasteiger partial charge in [-0.2, -0.15) is 0 Å². The Hall–Kier alpha value is -1.65. The van der Waals surface area contributed by atoms with E-state index in [0.29, 0.717) is 12.5 Å². The summed E-state index contributed by atoms with van der Waals surface area (Å²) in [6.07, 6.45) is 5.11. The average Bonchev–Trinajstić information content (AvgIpc) is 2.82. The number of hydrogen-bond donors (Lipinski definition) is 1. The van der Waals surface area contributed by atoms with E-state index in [1.54, 1.807) is 0 Å². The zero-order chi connectivity index (χ0) is 15.3. The van der Waals surface area contributed by atoms with Crippen LogP contribution in [-0.4, -0.2) is 43.5 Å². The van der Waals surface area contributed by atoms with Gasteiger partial charge < -0.3 is 5.73 Å². The molecule has 2 atom stereocenters. The van der Waals surface area contributed by atoms with E-state index in [9.17, 15) is 4.79 Å². The third-order valence-electron chi connectivity index (χ3n) is 6.00. The van der Waals surface area contributed by atoms with Gasteiger partial charge in [0.1, 0.15) is 23.8 Å². The van der Waals surface area contributed by atoms with Gasteiger partial charge in [0.15, 0.2) is 0 Å². The number of carbonyl (C=O) groups is 1. The Bertz CT molecular complexity index is 645. The lowest BCUT2D eigenvalue weighted by atomic mass is 9.81. The van der Waals surface area contributed by atoms with Gasteiger partial charge in [-0.3, -0.25) is 14.2 Å². The van der Waals surface area contributed by atoms with Gasteiger partial charge in [0, 0.05) is 23.6 Å². The van der Waals surface area contributed by atoms with Crippen molar-refractivity contribution >= 4 is 17.7 Å². The maximum atomic E-state index is 11.6. The molecule has 2 unspecified atom stereocenters. The molecule has 4 aliphatic rings. The van der Waals surface area contributed by atoms with Gasteiger partial charge in [-0.1, -0.05) is 12.1 Å². The summed E-state index contributed by atoms with van der Waals surface area (Å²) < 4.78 is 0.778. The fourth-order valence-corrected chi connectivity index (χ4v) is 4.81. The van der Waals surface area contributed by atoms with Gasteiger partial charge in [-0.15, -0.1) is 0 Å². The van der Waals surface area contributed by atoms with Gasteiger partial charge in [-0.05, 0) is 32.0 Å². The zero-order valence-corrected chi connectivity index (χ0v) is 13.2. The van der Waals surface area contributed by atoms with Crippen LogP contribution >= 0.6 is 0 Å². The Morgan fingerprint density at radius 2 is 2.05 bits per heavy atom. The zero-order valence-electron chi connectivity index (χ0n) is 13.2. The number of benzene rings is 1. The molecule has 3 fully saturated rings. The first kappa shape index (κ1) is 14.0. The highest BCUT2D eigenvalue weighted by Crippen LogP contribution is 2.46. The lowest BCUT2D eigenvalue weighted by molar-refractivity contribution is -0.117. The maximum absolute atomic E-state index is 11.6. The van der Waals surface area contributed by atoms with E-state index in [1.807, 2.05) is 0 Å². The highest BCUT2D eigenvalue weighted by molar-refractivity contribution is 5.84. The molecule has 1 aromatic carbocycles. The predicted molar refractivity (Wildman–Crippen MR) is 88.9 cm³/mol. The molecule has 0 saturated carbocycles. The molecule has 116 valence electrons. The van der Waals surface area contributed by atoms with Gasteiger partial charge in [-0.25, -0.2) is 0 Å². The number of nitrogens with zero attached hydrogens (tertiary/aromatic N) is 2. The SMILES string of the molecule is C[N+]1(C2CN3CCC2CC3)C(CC(N)=O)=Cc2ccccc21. The van der Waals surface area contributed by atoms with Crippen LogP contribution in [0.3, 0.4) is 0 Å². The minimum atomic E-state index is -0.232. The van der Waals surface area contributed by atoms with E-state index in [4.69, 9.17) is 5.73 Å². The molecule has 5 rings (SSSR count). The molecule has 0 radical (unpaired) electrons. The quantitative estimate of drug-likeness (QED) is 0.867. The smallest absolute Gasteiger partial charge is 0.227 e. The molecule has 0 aliphatic carbocycles. The van der Waals surface area contributed by atoms with Crippen LogP contribution in [0.25, 0.3) is 6.08 Å². The summed E-state index contributed by atoms with van der Waals surface area (Å²) in [5, 5.41) is 0. The van der Waals surface area contributed by atoms with Crippen molar-refractivity contribution in [3.63, 3.8) is 0 Å². The molecule has 4 nitrogen and oxygen atoms in total. The van der Waals surface area contributed by atoms with Gasteiger partial charge >= 0.3 is 0 Å². The molecule has 1 amide bonds. The summed E-state index contributed by atoms with van der Waals surface area (Å²) in [6, 6.07) is 9.09. The molecule has 3 saturated heterocycles. The van der Waals surface area contributed by atoms with Crippen LogP contribution < -0.4 is 10.2 Å². The van der Waals surface area contributed by atoms with Crippen molar-refractivity contribution in [2.45, 2.75) is 25.3 Å². The Morgan fingerprint density at radius 3 is 2.68 bits per heavy atom. The van der Waals surface area contributed by atoms with E-state index in [1.165, 1.54) is 37.2 Å². The number of quaternary nitrogens is 1. The molecule has 22 heavy (non-hydrogen) atoms. The first-order valence-electron chi connectivity index (χ1n) is 8.26. The topological polar surface area (TPSA) is 46.3 Å². The van der Waals surface area contributed by atoms with E-state index in [2.05, 4.69) is 42.3 Å². The molecular weight excluding hydrogens is 274 g/mol. The fraction of sp³-hybridized carbons (Fsp3) is 0.500. The number of amides is 1. The Morgan fingerprint density at radius 1 is 1.32 bits per heavy atom. The second-order valence-corrected chi connectivity index (χ2v) is 7.12. The Balaban J connectivity index is 1.79. The lowest BCUT2D eigenvalue weighted by Gasteiger charge is -2.51. The first-order valence-corrected chi connectivity index (χ1v) is 8.26. The summed E-state index contributed by atoms with van der Waals surface area (Å²) in [5.41, 5.74) is 9.27. The van der Waals surface area contributed by atoms with Crippen molar-refractivity contribution in [2.75, 3.05) is 26.7 Å². The van der Waals surface area contributed by atoms with E-state index in [-0.39, 0.29) is 5.91 Å². The number of likely N-dealkylation sites (N-methyl/N-ethyl adjacent to an activating group) is 1. The molecular formula is C18H24N3O+. The number of nitrogens with two attached hydrogens (primary N) is 1. The summed E-state index contributed by atoms with van der Waals surface area (Å²) in [4.78, 5) is 14.2. The standard InChI is InChI=1S/C18H23N3O/c1-21(17-12-20-8-6-13(17)7-9-20)15(11-18(19)22)10-14-4-2-3-5-16(14)21/h2-5,10,13,17H,6-9,11-12H2,1H3,(H-,19,22)/p+1. The molecule has 0 spiro atoms. The van der Waals surface area contributed by atoms with Crippen molar-refractivity contribution in [1.29, 1.82) is 0 Å². The molecule has 2 bridgehead atoms. The second-order valence-electron chi connectivity index (χ2n) is 7.12. The van der Waals surface area contributed by atoms with Crippen LogP contribution in [-0.2, 0) is 4.79 Å². The van der Waals surface area contributed by atoms with Gasteiger partial charge in [0.05, 0.1) is 13.6 Å². The number of para-hydroxylation sites is 1. The van der Waals surface area contributed by atoms with Gasteiger partial charge in [0.2, 0.25) is 5.91 Å². The number of hydrogen-bond acceptors (Lipinski definition) is 2. The minimum Gasteiger partial charge on any atom is -0.369 e. The number of primary amides is 1. The molecule has 4 heteroatoms. The van der Waals surface area contributed by atoms with Crippen LogP contribution in [0.15, 0.2) is 30.0 Å². The highest BCUT2D eigenvalue weighted by Gasteiger charge is 2.51. The summed E-state index contributed by atoms with van der Waals surface area (Å²) in [7, 11) is 2.28. The minimum absolute atomic E-state index is 0.232. The average molecular weight is 298 g/mol. The number of carbonyl (C=O) groups excluding carboxylic acids is 1. The fourth-order valence-electron chi connectivity index (χ4n) is 4.81. The second kappa shape index (κ2) is 4.93. The summed E-state index contributed by atoms with van der Waals surface area (Å²) in [5.74, 6) is 0.516. The monoisotopic (exact) mass is 298 g/mol. The van der Waals surface area contributed by atoms with E-state index in [0.717, 1.165) is 22.6 Å². The number of fused-ring (bicyclic) bond motifs is 4. The van der Waals surface area contributed by atoms with Crippen molar-refractivity contribution < 1.29 is 4.79 Å². The van der Waals surface area contributed by atoms with Crippen molar-refractivity contribution in [1.82, 2.24) is 9.38 Å². The lowest BCUT2D eigenvalue weighted by Crippen LogP contribution is -2.65. The molecule has 4 aliphatic heterocycles. The predicted octanol–water partition coefficient (Wildman–Crippen LogP) is 1.95. The van der Waals surface area contributed by atoms with E-state index < -0.39 is 0 Å². The molecule has 2 N–H and O–H groups in total. The Labute approximate surface area is 131 Å². The van der Waals surface area contributed by atoms with Crippen LogP contribution in [0.4, 0.5) is 5.69 Å². The molecule has 1 aromatic rings. The number of rotatable bonds is 3. The summed E-state index contributed by atoms with van der Waals surface area (Å²) in [6.45, 7) is 3.60. The van der Waals surface area contributed by atoms with Gasteiger partial charge in [0.25, 0.3) is 0 Å². The Kier molecular flexibility index (Phi) is 3.13. The van der Waals surface area contributed by atoms with Crippen LogP contribution in [0.2, 0.25) is 0 Å². The highest BCUT2D eigenvalue weighted by atomic mass is 16.1. The number of piperidine rings is 3. The van der Waals surface area contributed by atoms with Crippen LogP contribution in [0.5, 0.6) is 0 Å². The summed E-state index contributed by atoms with van der Waals surface area (Å²) >= 11 is 0. The van der Waals surface area contributed by atoms with Crippen LogP contribution in [0.1, 0.15) is 24.8 Å². The maximum Gasteiger partial charge on any atom is 0.227 e. The first-order chi connectivity index (χ1) is 10.6. The third kappa shape index (κ3) is 1.94. The van der Waals surface area contributed by atoms with E-state index >= 15 is 0 Å². The molecule has 0 aromatic heterocycles. The van der Waals surface area contributed by atoms with Crippen molar-refractivity contribution in [3.8, 4) is 0 Å². The van der Waals surface area contributed by atoms with Crippen molar-refractivity contribution in [2.24, 2.45) is 11.7 Å². The normalized spacial score (nSPS) is 36.0. The van der Waals surface area contributed by atoms with Crippen molar-refractivity contribution in [3.05, 3.63) is 35.5 Å². The largest absolute Gasteiger partial charge is 0.369 e. The third-order valence-corrected chi connectivity index (χ3v) is 6.00. The van der Waals surface area contributed by atoms with Crippen LogP contribution in [0, 0.1) is 5.92 Å².